The fourth-order valence-electron chi connectivity index (χ4n) is 3.21. The molecule has 6 nitrogen and oxygen atoms in total. The van der Waals surface area contributed by atoms with Crippen molar-refractivity contribution in [2.24, 2.45) is 0 Å². The first kappa shape index (κ1) is 16.3. The zero-order valence-electron chi connectivity index (χ0n) is 14.7. The summed E-state index contributed by atoms with van der Waals surface area (Å²) in [5, 5.41) is 0.893. The number of ether oxygens (including phenoxy) is 4. The van der Waals surface area contributed by atoms with Gasteiger partial charge in [-0.2, -0.15) is 0 Å². The number of nitrogens with zero attached hydrogens (tertiary/aromatic N) is 1. The van der Waals surface area contributed by atoms with Gasteiger partial charge in [0.05, 0.1) is 26.3 Å². The zero-order valence-corrected chi connectivity index (χ0v) is 14.7. The zero-order chi connectivity index (χ0) is 18.1. The molecule has 1 aliphatic heterocycles. The van der Waals surface area contributed by atoms with Crippen LogP contribution in [0.5, 0.6) is 23.0 Å². The van der Waals surface area contributed by atoms with E-state index in [1.54, 1.807) is 30.9 Å². The maximum absolute atomic E-state index is 12.6. The van der Waals surface area contributed by atoms with Gasteiger partial charge in [0, 0.05) is 23.1 Å². The number of aromatic nitrogens is 1. The van der Waals surface area contributed by atoms with Crippen molar-refractivity contribution in [3.05, 3.63) is 58.4 Å². The molecule has 2 heterocycles. The normalized spacial score (nSPS) is 12.8. The van der Waals surface area contributed by atoms with Gasteiger partial charge in [-0.3, -0.25) is 4.79 Å². The van der Waals surface area contributed by atoms with Gasteiger partial charge in [0.25, 0.3) is 5.56 Å². The molecule has 0 fully saturated rings. The fourth-order valence-corrected chi connectivity index (χ4v) is 3.21. The van der Waals surface area contributed by atoms with E-state index in [0.29, 0.717) is 42.8 Å². The van der Waals surface area contributed by atoms with Gasteiger partial charge in [-0.1, -0.05) is 12.1 Å². The molecule has 0 bridgehead atoms. The minimum absolute atomic E-state index is 0.0981. The van der Waals surface area contributed by atoms with Crippen LogP contribution in [0.3, 0.4) is 0 Å². The number of pyridine rings is 1. The lowest BCUT2D eigenvalue weighted by Gasteiger charge is -2.21. The van der Waals surface area contributed by atoms with Crippen LogP contribution in [0.25, 0.3) is 10.9 Å². The van der Waals surface area contributed by atoms with Crippen LogP contribution in [-0.2, 0) is 6.54 Å². The van der Waals surface area contributed by atoms with Crippen LogP contribution in [0.2, 0.25) is 0 Å². The molecule has 134 valence electrons. The molecular weight excluding hydrogens is 334 g/mol. The third kappa shape index (κ3) is 2.73. The molecule has 0 spiro atoms. The maximum atomic E-state index is 12.6. The van der Waals surface area contributed by atoms with Gasteiger partial charge >= 0.3 is 0 Å². The summed E-state index contributed by atoms with van der Waals surface area (Å²) in [5.74, 6) is 2.61. The van der Waals surface area contributed by atoms with E-state index in [-0.39, 0.29) is 5.56 Å². The van der Waals surface area contributed by atoms with Gasteiger partial charge in [-0.05, 0) is 18.2 Å². The molecule has 4 rings (SSSR count). The smallest absolute Gasteiger partial charge is 0.251 e. The van der Waals surface area contributed by atoms with E-state index in [4.69, 9.17) is 18.9 Å². The topological polar surface area (TPSA) is 58.9 Å². The average Bonchev–Trinajstić information content (AvgIpc) is 2.69. The lowest BCUT2D eigenvalue weighted by atomic mass is 10.1. The summed E-state index contributed by atoms with van der Waals surface area (Å²) < 4.78 is 23.9. The van der Waals surface area contributed by atoms with Crippen molar-refractivity contribution >= 4 is 10.9 Å². The van der Waals surface area contributed by atoms with E-state index in [2.05, 4.69) is 0 Å². The second kappa shape index (κ2) is 6.63. The summed E-state index contributed by atoms with van der Waals surface area (Å²) >= 11 is 0. The Balaban J connectivity index is 1.87. The van der Waals surface area contributed by atoms with Gasteiger partial charge in [0.15, 0.2) is 23.0 Å². The first-order chi connectivity index (χ1) is 12.7. The highest BCUT2D eigenvalue weighted by Crippen LogP contribution is 2.35. The largest absolute Gasteiger partial charge is 0.493 e. The molecule has 6 heteroatoms. The van der Waals surface area contributed by atoms with Gasteiger partial charge < -0.3 is 23.5 Å². The SMILES string of the molecule is COc1cc2ccc(=O)n(Cc3cccc4c3OCCO4)c2cc1OC. The van der Waals surface area contributed by atoms with Crippen molar-refractivity contribution in [1.82, 2.24) is 4.57 Å². The summed E-state index contributed by atoms with van der Waals surface area (Å²) in [7, 11) is 3.17. The maximum Gasteiger partial charge on any atom is 0.251 e. The molecule has 0 N–H and O–H groups in total. The summed E-state index contributed by atoms with van der Waals surface area (Å²) in [6, 6.07) is 12.8. The Labute approximate surface area is 150 Å². The molecule has 0 unspecified atom stereocenters. The van der Waals surface area contributed by atoms with Gasteiger partial charge in [0.1, 0.15) is 13.2 Å². The standard InChI is InChI=1S/C20H19NO5/c1-23-17-10-13-6-7-19(22)21(15(13)11-18(17)24-2)12-14-4-3-5-16-20(14)26-9-8-25-16/h3-7,10-11H,8-9,12H2,1-2H3. The van der Waals surface area contributed by atoms with Gasteiger partial charge in [-0.15, -0.1) is 0 Å². The number of methoxy groups -OCH3 is 2. The summed E-state index contributed by atoms with van der Waals surface area (Å²) in [6.45, 7) is 1.40. The van der Waals surface area contributed by atoms with Crippen molar-refractivity contribution in [3.63, 3.8) is 0 Å². The van der Waals surface area contributed by atoms with Gasteiger partial charge in [0.2, 0.25) is 0 Å². The molecule has 0 saturated heterocycles. The van der Waals surface area contributed by atoms with E-state index in [0.717, 1.165) is 16.5 Å². The Bertz CT molecular complexity index is 1020. The van der Waals surface area contributed by atoms with Crippen molar-refractivity contribution < 1.29 is 18.9 Å². The van der Waals surface area contributed by atoms with Crippen LogP contribution in [0, 0.1) is 0 Å². The molecule has 1 aliphatic rings. The monoisotopic (exact) mass is 353 g/mol. The molecule has 0 radical (unpaired) electrons. The van der Waals surface area contributed by atoms with Crippen molar-refractivity contribution in [2.45, 2.75) is 6.54 Å². The Morgan fingerprint density at radius 2 is 1.77 bits per heavy atom. The van der Waals surface area contributed by atoms with Crippen LogP contribution in [0.1, 0.15) is 5.56 Å². The van der Waals surface area contributed by atoms with Crippen LogP contribution in [0.15, 0.2) is 47.3 Å². The minimum Gasteiger partial charge on any atom is -0.493 e. The van der Waals surface area contributed by atoms with Crippen LogP contribution in [0.4, 0.5) is 0 Å². The summed E-state index contributed by atoms with van der Waals surface area (Å²) in [5.41, 5.74) is 1.56. The fraction of sp³-hybridized carbons (Fsp3) is 0.250. The number of hydrogen-bond donors (Lipinski definition) is 0. The first-order valence-corrected chi connectivity index (χ1v) is 8.34. The predicted molar refractivity (Wildman–Crippen MR) is 97.8 cm³/mol. The van der Waals surface area contributed by atoms with Crippen molar-refractivity contribution in [1.29, 1.82) is 0 Å². The molecule has 0 amide bonds. The number of rotatable bonds is 4. The highest BCUT2D eigenvalue weighted by molar-refractivity contribution is 5.83. The highest BCUT2D eigenvalue weighted by atomic mass is 16.6. The number of hydrogen-bond acceptors (Lipinski definition) is 5. The van der Waals surface area contributed by atoms with E-state index in [9.17, 15) is 4.79 Å². The molecule has 26 heavy (non-hydrogen) atoms. The van der Waals surface area contributed by atoms with E-state index in [1.807, 2.05) is 30.3 Å². The van der Waals surface area contributed by atoms with E-state index in [1.165, 1.54) is 0 Å². The van der Waals surface area contributed by atoms with Crippen LogP contribution >= 0.6 is 0 Å². The number of para-hydroxylation sites is 1. The summed E-state index contributed by atoms with van der Waals surface area (Å²) in [4.78, 5) is 12.6. The molecule has 2 aromatic carbocycles. The van der Waals surface area contributed by atoms with Crippen molar-refractivity contribution in [2.75, 3.05) is 27.4 Å². The second-order valence-electron chi connectivity index (χ2n) is 5.97. The third-order valence-electron chi connectivity index (χ3n) is 4.47. The quantitative estimate of drug-likeness (QED) is 0.722. The molecule has 0 atom stereocenters. The summed E-state index contributed by atoms with van der Waals surface area (Å²) in [6.07, 6.45) is 0. The average molecular weight is 353 g/mol. The molecule has 1 aromatic heterocycles. The Morgan fingerprint density at radius 3 is 2.58 bits per heavy atom. The minimum atomic E-state index is -0.0981. The van der Waals surface area contributed by atoms with E-state index < -0.39 is 0 Å². The molecule has 0 aliphatic carbocycles. The predicted octanol–water partition coefficient (Wildman–Crippen LogP) is 2.84. The van der Waals surface area contributed by atoms with Crippen LogP contribution < -0.4 is 24.5 Å². The van der Waals surface area contributed by atoms with Crippen LogP contribution in [-0.4, -0.2) is 32.0 Å². The lowest BCUT2D eigenvalue weighted by molar-refractivity contribution is 0.169. The Hall–Kier alpha value is -3.15. The van der Waals surface area contributed by atoms with Crippen molar-refractivity contribution in [3.8, 4) is 23.0 Å². The third-order valence-corrected chi connectivity index (χ3v) is 4.47. The lowest BCUT2D eigenvalue weighted by Crippen LogP contribution is -2.22. The second-order valence-corrected chi connectivity index (χ2v) is 5.97. The number of benzene rings is 2. The Morgan fingerprint density at radius 1 is 1.00 bits per heavy atom. The van der Waals surface area contributed by atoms with Gasteiger partial charge in [-0.25, -0.2) is 0 Å². The first-order valence-electron chi connectivity index (χ1n) is 8.34. The molecular formula is C20H19NO5. The molecule has 3 aromatic rings. The van der Waals surface area contributed by atoms with E-state index >= 15 is 0 Å². The highest BCUT2D eigenvalue weighted by Gasteiger charge is 2.17. The Kier molecular flexibility index (Phi) is 4.16. The molecule has 0 saturated carbocycles. The number of fused-ring (bicyclic) bond motifs is 2.